The van der Waals surface area contributed by atoms with Crippen molar-refractivity contribution in [2.75, 3.05) is 30.5 Å². The number of benzene rings is 1. The van der Waals surface area contributed by atoms with Gasteiger partial charge in [0.05, 0.1) is 5.69 Å². The summed E-state index contributed by atoms with van der Waals surface area (Å²) in [5.41, 5.74) is 2.63. The monoisotopic (exact) mass is 328 g/mol. The van der Waals surface area contributed by atoms with Gasteiger partial charge in [-0.05, 0) is 52.7 Å². The van der Waals surface area contributed by atoms with Crippen LogP contribution in [0.2, 0.25) is 0 Å². The van der Waals surface area contributed by atoms with Gasteiger partial charge in [0.2, 0.25) is 0 Å². The van der Waals surface area contributed by atoms with E-state index >= 15 is 0 Å². The maximum atomic E-state index is 3.69. The molecule has 0 aromatic heterocycles. The lowest BCUT2D eigenvalue weighted by atomic mass is 10.2. The van der Waals surface area contributed by atoms with Crippen LogP contribution in [0.3, 0.4) is 0 Å². The molecule has 1 aliphatic rings. The van der Waals surface area contributed by atoms with E-state index in [9.17, 15) is 0 Å². The van der Waals surface area contributed by atoms with Crippen molar-refractivity contribution in [2.24, 2.45) is 0 Å². The van der Waals surface area contributed by atoms with Gasteiger partial charge in [-0.15, -0.1) is 0 Å². The molecule has 0 unspecified atom stereocenters. The molecular weight excluding hydrogens is 308 g/mol. The molecule has 1 aromatic carbocycles. The third-order valence-corrected chi connectivity index (χ3v) is 4.45. The molecule has 0 saturated heterocycles. The topological polar surface area (TPSA) is 15.3 Å². The lowest BCUT2D eigenvalue weighted by molar-refractivity contribution is 0.687. The quantitative estimate of drug-likeness (QED) is 0.824. The SMILES string of the molecule is CSCCN(C)c1ccc(CNC2CC2)cc1Br. The van der Waals surface area contributed by atoms with E-state index in [4.69, 9.17) is 0 Å². The Balaban J connectivity index is 1.94. The number of nitrogens with one attached hydrogen (secondary N) is 1. The van der Waals surface area contributed by atoms with Crippen molar-refractivity contribution in [3.05, 3.63) is 28.2 Å². The highest BCUT2D eigenvalue weighted by atomic mass is 79.9. The van der Waals surface area contributed by atoms with Gasteiger partial charge in [-0.3, -0.25) is 0 Å². The molecule has 4 heteroatoms. The fourth-order valence-electron chi connectivity index (χ4n) is 1.87. The van der Waals surface area contributed by atoms with Gasteiger partial charge in [-0.2, -0.15) is 11.8 Å². The smallest absolute Gasteiger partial charge is 0.0508 e. The van der Waals surface area contributed by atoms with Crippen LogP contribution >= 0.6 is 27.7 Å². The average molecular weight is 329 g/mol. The molecule has 2 nitrogen and oxygen atoms in total. The average Bonchev–Trinajstić information content (AvgIpc) is 3.17. The summed E-state index contributed by atoms with van der Waals surface area (Å²) in [6.07, 6.45) is 4.84. The Bertz CT molecular complexity index is 393. The van der Waals surface area contributed by atoms with Crippen molar-refractivity contribution < 1.29 is 0 Å². The Kier molecular flexibility index (Phi) is 5.39. The van der Waals surface area contributed by atoms with Gasteiger partial charge in [0.1, 0.15) is 0 Å². The summed E-state index contributed by atoms with van der Waals surface area (Å²) >= 11 is 5.57. The number of nitrogens with zero attached hydrogens (tertiary/aromatic N) is 1. The molecule has 0 amide bonds. The van der Waals surface area contributed by atoms with Crippen LogP contribution in [-0.4, -0.2) is 31.6 Å². The molecule has 100 valence electrons. The number of halogens is 1. The zero-order valence-corrected chi connectivity index (χ0v) is 13.5. The van der Waals surface area contributed by atoms with Gasteiger partial charge < -0.3 is 10.2 Å². The minimum atomic E-state index is 0.771. The van der Waals surface area contributed by atoms with E-state index in [0.717, 1.165) is 24.9 Å². The Morgan fingerprint density at radius 2 is 2.22 bits per heavy atom. The maximum absolute atomic E-state index is 3.69. The molecule has 2 rings (SSSR count). The van der Waals surface area contributed by atoms with Crippen LogP contribution in [0.1, 0.15) is 18.4 Å². The van der Waals surface area contributed by atoms with Crippen LogP contribution in [0.15, 0.2) is 22.7 Å². The van der Waals surface area contributed by atoms with Gasteiger partial charge in [0, 0.05) is 36.4 Å². The number of hydrogen-bond acceptors (Lipinski definition) is 3. The van der Waals surface area contributed by atoms with E-state index in [-0.39, 0.29) is 0 Å². The Labute approximate surface area is 123 Å². The fourth-order valence-corrected chi connectivity index (χ4v) is 3.05. The summed E-state index contributed by atoms with van der Waals surface area (Å²) in [4.78, 5) is 2.30. The standard InChI is InChI=1S/C14H21BrN2S/c1-17(7-8-18-2)14-6-3-11(9-13(14)15)10-16-12-4-5-12/h3,6,9,12,16H,4-5,7-8,10H2,1-2H3. The minimum Gasteiger partial charge on any atom is -0.373 e. The second-order valence-corrected chi connectivity index (χ2v) is 6.70. The van der Waals surface area contributed by atoms with Crippen molar-refractivity contribution >= 4 is 33.4 Å². The van der Waals surface area contributed by atoms with Crippen LogP contribution in [0.4, 0.5) is 5.69 Å². The number of hydrogen-bond donors (Lipinski definition) is 1. The molecule has 0 radical (unpaired) electrons. The molecule has 0 atom stereocenters. The van der Waals surface area contributed by atoms with Crippen LogP contribution in [0, 0.1) is 0 Å². The molecule has 1 aromatic rings. The lowest BCUT2D eigenvalue weighted by Gasteiger charge is -2.21. The Morgan fingerprint density at radius 1 is 1.44 bits per heavy atom. The predicted molar refractivity (Wildman–Crippen MR) is 85.7 cm³/mol. The summed E-state index contributed by atoms with van der Waals surface area (Å²) in [5.74, 6) is 1.16. The first kappa shape index (κ1) is 14.2. The number of anilines is 1. The highest BCUT2D eigenvalue weighted by Crippen LogP contribution is 2.27. The van der Waals surface area contributed by atoms with Crippen LogP contribution in [0.25, 0.3) is 0 Å². The fraction of sp³-hybridized carbons (Fsp3) is 0.571. The van der Waals surface area contributed by atoms with Gasteiger partial charge in [-0.1, -0.05) is 6.07 Å². The lowest BCUT2D eigenvalue weighted by Crippen LogP contribution is -2.21. The summed E-state index contributed by atoms with van der Waals surface area (Å²) in [5, 5.41) is 3.55. The Morgan fingerprint density at radius 3 is 2.83 bits per heavy atom. The van der Waals surface area contributed by atoms with Crippen molar-refractivity contribution in [1.29, 1.82) is 0 Å². The summed E-state index contributed by atoms with van der Waals surface area (Å²) in [6, 6.07) is 7.45. The molecular formula is C14H21BrN2S. The second kappa shape index (κ2) is 6.83. The van der Waals surface area contributed by atoms with Crippen LogP contribution in [-0.2, 0) is 6.54 Å². The van der Waals surface area contributed by atoms with E-state index in [1.807, 2.05) is 11.8 Å². The predicted octanol–water partition coefficient (Wildman–Crippen LogP) is 3.50. The first-order valence-electron chi connectivity index (χ1n) is 6.42. The van der Waals surface area contributed by atoms with Gasteiger partial charge >= 0.3 is 0 Å². The first-order valence-corrected chi connectivity index (χ1v) is 8.61. The molecule has 1 fully saturated rings. The van der Waals surface area contributed by atoms with E-state index < -0.39 is 0 Å². The summed E-state index contributed by atoms with van der Waals surface area (Å²) in [7, 11) is 2.15. The molecule has 18 heavy (non-hydrogen) atoms. The van der Waals surface area contributed by atoms with Gasteiger partial charge in [-0.25, -0.2) is 0 Å². The zero-order chi connectivity index (χ0) is 13.0. The number of rotatable bonds is 7. The Hall–Kier alpha value is -0.190. The summed E-state index contributed by atoms with van der Waals surface area (Å²) < 4.78 is 1.20. The number of thioether (sulfide) groups is 1. The van der Waals surface area contributed by atoms with Gasteiger partial charge in [0.25, 0.3) is 0 Å². The zero-order valence-electron chi connectivity index (χ0n) is 11.1. The highest BCUT2D eigenvalue weighted by Gasteiger charge is 2.20. The normalized spacial score (nSPS) is 14.8. The van der Waals surface area contributed by atoms with Crippen LogP contribution in [0.5, 0.6) is 0 Å². The van der Waals surface area contributed by atoms with Crippen LogP contribution < -0.4 is 10.2 Å². The van der Waals surface area contributed by atoms with E-state index in [2.05, 4.69) is 57.6 Å². The molecule has 0 spiro atoms. The highest BCUT2D eigenvalue weighted by molar-refractivity contribution is 9.10. The molecule has 1 N–H and O–H groups in total. The van der Waals surface area contributed by atoms with Gasteiger partial charge in [0.15, 0.2) is 0 Å². The molecule has 0 aliphatic heterocycles. The molecule has 1 saturated carbocycles. The van der Waals surface area contributed by atoms with Crippen molar-refractivity contribution in [3.8, 4) is 0 Å². The van der Waals surface area contributed by atoms with Crippen molar-refractivity contribution in [1.82, 2.24) is 5.32 Å². The second-order valence-electron chi connectivity index (χ2n) is 4.86. The maximum Gasteiger partial charge on any atom is 0.0508 e. The third kappa shape index (κ3) is 4.18. The van der Waals surface area contributed by atoms with E-state index in [1.54, 1.807) is 0 Å². The first-order chi connectivity index (χ1) is 8.70. The van der Waals surface area contributed by atoms with Crippen molar-refractivity contribution in [3.63, 3.8) is 0 Å². The summed E-state index contributed by atoms with van der Waals surface area (Å²) in [6.45, 7) is 2.07. The minimum absolute atomic E-state index is 0.771. The van der Waals surface area contributed by atoms with E-state index in [1.165, 1.54) is 28.6 Å². The molecule has 1 aliphatic carbocycles. The molecule has 0 heterocycles. The largest absolute Gasteiger partial charge is 0.373 e. The molecule has 0 bridgehead atoms. The van der Waals surface area contributed by atoms with E-state index in [0.29, 0.717) is 0 Å². The third-order valence-electron chi connectivity index (χ3n) is 3.23. The van der Waals surface area contributed by atoms with Crippen molar-refractivity contribution in [2.45, 2.75) is 25.4 Å².